The van der Waals surface area contributed by atoms with Gasteiger partial charge in [-0.05, 0) is 50.0 Å². The molecule has 0 amide bonds. The first-order chi connectivity index (χ1) is 8.27. The molecule has 1 aromatic carbocycles. The summed E-state index contributed by atoms with van der Waals surface area (Å²) in [4.78, 5) is 0. The molecular formula is C13H20ClNOS. The van der Waals surface area contributed by atoms with E-state index >= 15 is 0 Å². The monoisotopic (exact) mass is 273 g/mol. The molecule has 0 aliphatic carbocycles. The first-order valence-corrected chi connectivity index (χ1v) is 7.70. The van der Waals surface area contributed by atoms with E-state index in [1.807, 2.05) is 36.9 Å². The number of anilines is 1. The Morgan fingerprint density at radius 3 is 2.88 bits per heavy atom. The highest BCUT2D eigenvalue weighted by Gasteiger charge is 2.03. The number of unbranched alkanes of at least 4 members (excludes halogenated alkanes) is 1. The van der Waals surface area contributed by atoms with Gasteiger partial charge in [0.15, 0.2) is 0 Å². The lowest BCUT2D eigenvalue weighted by Gasteiger charge is -2.12. The van der Waals surface area contributed by atoms with E-state index in [1.165, 1.54) is 18.6 Å². The number of hydrogen-bond acceptors (Lipinski definition) is 3. The quantitative estimate of drug-likeness (QED) is 0.714. The van der Waals surface area contributed by atoms with Gasteiger partial charge in [0.05, 0.1) is 12.3 Å². The molecule has 1 N–H and O–H groups in total. The average molecular weight is 274 g/mol. The van der Waals surface area contributed by atoms with Crippen LogP contribution in [0.2, 0.25) is 5.02 Å². The molecule has 0 atom stereocenters. The number of thioether (sulfide) groups is 1. The summed E-state index contributed by atoms with van der Waals surface area (Å²) in [6.07, 6.45) is 4.54. The lowest BCUT2D eigenvalue weighted by Crippen LogP contribution is -2.04. The van der Waals surface area contributed by atoms with Crippen LogP contribution in [0.3, 0.4) is 0 Å². The van der Waals surface area contributed by atoms with Crippen molar-refractivity contribution in [2.75, 3.05) is 30.5 Å². The van der Waals surface area contributed by atoms with Gasteiger partial charge in [0, 0.05) is 11.6 Å². The van der Waals surface area contributed by atoms with E-state index in [2.05, 4.69) is 11.6 Å². The summed E-state index contributed by atoms with van der Waals surface area (Å²) in [6.45, 7) is 3.61. The maximum absolute atomic E-state index is 5.98. The zero-order valence-electron chi connectivity index (χ0n) is 10.5. The van der Waals surface area contributed by atoms with Crippen LogP contribution in [0.4, 0.5) is 5.69 Å². The summed E-state index contributed by atoms with van der Waals surface area (Å²) >= 11 is 7.87. The number of benzene rings is 1. The molecule has 0 fully saturated rings. The van der Waals surface area contributed by atoms with Gasteiger partial charge in [0.25, 0.3) is 0 Å². The van der Waals surface area contributed by atoms with Crippen LogP contribution in [0.1, 0.15) is 19.8 Å². The third-order valence-corrected chi connectivity index (χ3v) is 3.26. The summed E-state index contributed by atoms with van der Waals surface area (Å²) in [5.74, 6) is 2.09. The molecule has 96 valence electrons. The van der Waals surface area contributed by atoms with E-state index in [0.717, 1.165) is 23.0 Å². The van der Waals surface area contributed by atoms with E-state index in [1.54, 1.807) is 0 Å². The van der Waals surface area contributed by atoms with Crippen molar-refractivity contribution in [3.05, 3.63) is 23.2 Å². The maximum Gasteiger partial charge on any atom is 0.142 e. The van der Waals surface area contributed by atoms with Gasteiger partial charge in [-0.2, -0.15) is 11.8 Å². The lowest BCUT2D eigenvalue weighted by molar-refractivity contribution is 0.341. The van der Waals surface area contributed by atoms with Crippen molar-refractivity contribution in [3.63, 3.8) is 0 Å². The molecule has 0 heterocycles. The van der Waals surface area contributed by atoms with Crippen LogP contribution < -0.4 is 10.1 Å². The molecule has 0 aliphatic heterocycles. The predicted octanol–water partition coefficient (Wildman–Crippen LogP) is 4.29. The van der Waals surface area contributed by atoms with Crippen molar-refractivity contribution in [2.45, 2.75) is 19.8 Å². The third-order valence-electron chi connectivity index (χ3n) is 2.33. The Morgan fingerprint density at radius 1 is 1.35 bits per heavy atom. The SMILES string of the molecule is CCOc1ccc(Cl)cc1NCCCCSC. The molecule has 0 saturated carbocycles. The summed E-state index contributed by atoms with van der Waals surface area (Å²) in [5.41, 5.74) is 0.989. The summed E-state index contributed by atoms with van der Waals surface area (Å²) < 4.78 is 5.54. The van der Waals surface area contributed by atoms with Crippen molar-refractivity contribution >= 4 is 29.1 Å². The highest BCUT2D eigenvalue weighted by molar-refractivity contribution is 7.98. The molecule has 1 aromatic rings. The van der Waals surface area contributed by atoms with Crippen LogP contribution in [0.15, 0.2) is 18.2 Å². The predicted molar refractivity (Wildman–Crippen MR) is 78.7 cm³/mol. The van der Waals surface area contributed by atoms with Crippen LogP contribution in [-0.4, -0.2) is 25.2 Å². The molecule has 0 radical (unpaired) electrons. The molecule has 4 heteroatoms. The first kappa shape index (κ1) is 14.5. The molecule has 1 rings (SSSR count). The minimum Gasteiger partial charge on any atom is -0.492 e. The second-order valence-corrected chi connectivity index (χ2v) is 5.12. The first-order valence-electron chi connectivity index (χ1n) is 5.93. The van der Waals surface area contributed by atoms with Gasteiger partial charge in [-0.1, -0.05) is 11.6 Å². The van der Waals surface area contributed by atoms with Gasteiger partial charge in [-0.15, -0.1) is 0 Å². The van der Waals surface area contributed by atoms with Crippen molar-refractivity contribution in [1.82, 2.24) is 0 Å². The third kappa shape index (κ3) is 5.55. The topological polar surface area (TPSA) is 21.3 Å². The number of rotatable bonds is 8. The van der Waals surface area contributed by atoms with Crippen molar-refractivity contribution in [3.8, 4) is 5.75 Å². The number of ether oxygens (including phenoxy) is 1. The minimum atomic E-state index is 0.669. The Bertz CT molecular complexity index is 333. The fourth-order valence-corrected chi connectivity index (χ4v) is 2.18. The Morgan fingerprint density at radius 2 is 2.18 bits per heavy atom. The molecular weight excluding hydrogens is 254 g/mol. The van der Waals surface area contributed by atoms with Crippen molar-refractivity contribution < 1.29 is 4.74 Å². The molecule has 2 nitrogen and oxygen atoms in total. The zero-order valence-corrected chi connectivity index (χ0v) is 12.0. The van der Waals surface area contributed by atoms with Crippen LogP contribution in [-0.2, 0) is 0 Å². The zero-order chi connectivity index (χ0) is 12.5. The van der Waals surface area contributed by atoms with Crippen LogP contribution >= 0.6 is 23.4 Å². The normalized spacial score (nSPS) is 10.3. The Labute approximate surface area is 113 Å². The molecule has 0 saturated heterocycles. The summed E-state index contributed by atoms with van der Waals surface area (Å²) in [7, 11) is 0. The van der Waals surface area contributed by atoms with Gasteiger partial charge in [0.1, 0.15) is 5.75 Å². The van der Waals surface area contributed by atoms with Crippen LogP contribution in [0, 0.1) is 0 Å². The Balaban J connectivity index is 2.47. The largest absolute Gasteiger partial charge is 0.492 e. The van der Waals surface area contributed by atoms with Crippen LogP contribution in [0.25, 0.3) is 0 Å². The van der Waals surface area contributed by atoms with E-state index < -0.39 is 0 Å². The maximum atomic E-state index is 5.98. The Kier molecular flexibility index (Phi) is 7.29. The Hall–Kier alpha value is -0.540. The van der Waals surface area contributed by atoms with E-state index in [-0.39, 0.29) is 0 Å². The minimum absolute atomic E-state index is 0.669. The molecule has 0 unspecified atom stereocenters. The van der Waals surface area contributed by atoms with Crippen molar-refractivity contribution in [1.29, 1.82) is 0 Å². The van der Waals surface area contributed by atoms with Gasteiger partial charge < -0.3 is 10.1 Å². The fourth-order valence-electron chi connectivity index (χ4n) is 1.52. The fraction of sp³-hybridized carbons (Fsp3) is 0.538. The summed E-state index contributed by atoms with van der Waals surface area (Å²) in [6, 6.07) is 5.68. The van der Waals surface area contributed by atoms with Gasteiger partial charge in [-0.3, -0.25) is 0 Å². The van der Waals surface area contributed by atoms with Crippen LogP contribution in [0.5, 0.6) is 5.75 Å². The van der Waals surface area contributed by atoms with Gasteiger partial charge >= 0.3 is 0 Å². The highest BCUT2D eigenvalue weighted by Crippen LogP contribution is 2.28. The molecule has 0 spiro atoms. The second kappa shape index (κ2) is 8.54. The smallest absolute Gasteiger partial charge is 0.142 e. The molecule has 0 bridgehead atoms. The van der Waals surface area contributed by atoms with Gasteiger partial charge in [0.2, 0.25) is 0 Å². The highest BCUT2D eigenvalue weighted by atomic mass is 35.5. The average Bonchev–Trinajstić information content (AvgIpc) is 2.32. The summed E-state index contributed by atoms with van der Waals surface area (Å²) in [5, 5.41) is 4.12. The van der Waals surface area contributed by atoms with Gasteiger partial charge in [-0.25, -0.2) is 0 Å². The second-order valence-electron chi connectivity index (χ2n) is 3.70. The standard InChI is InChI=1S/C13H20ClNOS/c1-3-16-13-7-6-11(14)10-12(13)15-8-4-5-9-17-2/h6-7,10,15H,3-5,8-9H2,1-2H3. The number of hydrogen-bond donors (Lipinski definition) is 1. The molecule has 0 aromatic heterocycles. The lowest BCUT2D eigenvalue weighted by atomic mass is 10.2. The molecule has 0 aliphatic rings. The van der Waals surface area contributed by atoms with E-state index in [4.69, 9.17) is 16.3 Å². The van der Waals surface area contributed by atoms with Crippen molar-refractivity contribution in [2.24, 2.45) is 0 Å². The number of nitrogens with one attached hydrogen (secondary N) is 1. The van der Waals surface area contributed by atoms with E-state index in [9.17, 15) is 0 Å². The molecule has 17 heavy (non-hydrogen) atoms. The number of halogens is 1. The van der Waals surface area contributed by atoms with E-state index in [0.29, 0.717) is 6.61 Å².